The molecule has 0 aliphatic carbocycles. The molecule has 5 rings (SSSR count). The van der Waals surface area contributed by atoms with E-state index in [0.717, 1.165) is 30.7 Å². The van der Waals surface area contributed by atoms with Crippen molar-refractivity contribution in [3.8, 4) is 11.5 Å². The molecule has 0 unspecified atom stereocenters. The number of halogens is 1. The maximum absolute atomic E-state index is 12.8. The van der Waals surface area contributed by atoms with Crippen molar-refractivity contribution >= 4 is 33.7 Å². The number of benzene rings is 1. The summed E-state index contributed by atoms with van der Waals surface area (Å²) in [6, 6.07) is 8.31. The lowest BCUT2D eigenvalue weighted by Crippen LogP contribution is -2.50. The van der Waals surface area contributed by atoms with Gasteiger partial charge in [-0.2, -0.15) is 0 Å². The second kappa shape index (κ2) is 7.11. The number of likely N-dealkylation sites (N-methyl/N-ethyl adjacent to an activating group) is 1. The lowest BCUT2D eigenvalue weighted by atomic mass is 10.1. The first-order valence-electron chi connectivity index (χ1n) is 9.94. The summed E-state index contributed by atoms with van der Waals surface area (Å²) in [5, 5.41) is 1.79. The van der Waals surface area contributed by atoms with Crippen LogP contribution in [0.4, 0.5) is 5.69 Å². The number of fused-ring (bicyclic) bond motifs is 2. The molecular weight excluding hydrogens is 402 g/mol. The van der Waals surface area contributed by atoms with Crippen LogP contribution in [0.3, 0.4) is 0 Å². The Labute approximate surface area is 178 Å². The van der Waals surface area contributed by atoms with Crippen LogP contribution in [0.25, 0.3) is 27.9 Å². The minimum Gasteiger partial charge on any atom is -0.421 e. The van der Waals surface area contributed by atoms with E-state index in [1.807, 2.05) is 25.1 Å². The Kier molecular flexibility index (Phi) is 4.52. The van der Waals surface area contributed by atoms with Crippen molar-refractivity contribution in [2.75, 3.05) is 31.6 Å². The SMILES string of the molecule is Cc1nc(Cl)cn2cc(-c3cc4ccc(N5CCN(C)[C@H](C)C5)cc4c(=O)o3)nc12. The third-order valence-corrected chi connectivity index (χ3v) is 6.08. The largest absolute Gasteiger partial charge is 0.421 e. The Balaban J connectivity index is 1.55. The fourth-order valence-corrected chi connectivity index (χ4v) is 4.24. The van der Waals surface area contributed by atoms with Gasteiger partial charge in [-0.1, -0.05) is 17.7 Å². The molecule has 0 amide bonds. The van der Waals surface area contributed by atoms with Crippen molar-refractivity contribution in [3.05, 3.63) is 57.9 Å². The first-order valence-corrected chi connectivity index (χ1v) is 10.3. The fraction of sp³-hybridized carbons (Fsp3) is 0.318. The minimum absolute atomic E-state index is 0.364. The molecule has 1 aliphatic heterocycles. The van der Waals surface area contributed by atoms with Gasteiger partial charge < -0.3 is 18.6 Å². The van der Waals surface area contributed by atoms with Crippen molar-refractivity contribution < 1.29 is 4.42 Å². The van der Waals surface area contributed by atoms with E-state index >= 15 is 0 Å². The Bertz CT molecular complexity index is 1330. The number of hydrogen-bond donors (Lipinski definition) is 0. The molecule has 1 aromatic carbocycles. The van der Waals surface area contributed by atoms with Crippen molar-refractivity contribution in [2.45, 2.75) is 19.9 Å². The molecule has 4 aromatic rings. The highest BCUT2D eigenvalue weighted by molar-refractivity contribution is 6.29. The van der Waals surface area contributed by atoms with Gasteiger partial charge >= 0.3 is 5.63 Å². The van der Waals surface area contributed by atoms with Crippen LogP contribution < -0.4 is 10.5 Å². The van der Waals surface area contributed by atoms with Crippen molar-refractivity contribution in [1.29, 1.82) is 0 Å². The summed E-state index contributed by atoms with van der Waals surface area (Å²) >= 11 is 6.04. The van der Waals surface area contributed by atoms with Crippen LogP contribution in [0.1, 0.15) is 12.6 Å². The van der Waals surface area contributed by atoms with E-state index < -0.39 is 0 Å². The van der Waals surface area contributed by atoms with Crippen molar-refractivity contribution in [3.63, 3.8) is 0 Å². The van der Waals surface area contributed by atoms with Gasteiger partial charge in [-0.3, -0.25) is 0 Å². The molecule has 1 fully saturated rings. The zero-order valence-electron chi connectivity index (χ0n) is 17.1. The molecule has 8 heteroatoms. The smallest absolute Gasteiger partial charge is 0.344 e. The molecule has 154 valence electrons. The van der Waals surface area contributed by atoms with Crippen LogP contribution in [0, 0.1) is 6.92 Å². The summed E-state index contributed by atoms with van der Waals surface area (Å²) in [5.41, 5.74) is 2.64. The third-order valence-electron chi connectivity index (χ3n) is 5.90. The molecule has 4 heterocycles. The average Bonchev–Trinajstić information content (AvgIpc) is 3.14. The summed E-state index contributed by atoms with van der Waals surface area (Å²) < 4.78 is 7.44. The number of rotatable bonds is 2. The molecule has 0 bridgehead atoms. The summed E-state index contributed by atoms with van der Waals surface area (Å²) in [7, 11) is 2.14. The first-order chi connectivity index (χ1) is 14.4. The van der Waals surface area contributed by atoms with Gasteiger partial charge in [0.05, 0.1) is 11.1 Å². The van der Waals surface area contributed by atoms with Crippen LogP contribution >= 0.6 is 11.6 Å². The summed E-state index contributed by atoms with van der Waals surface area (Å²) in [6.45, 7) is 6.93. The van der Waals surface area contributed by atoms with Crippen LogP contribution in [-0.4, -0.2) is 52.0 Å². The monoisotopic (exact) mass is 423 g/mol. The summed E-state index contributed by atoms with van der Waals surface area (Å²) in [4.78, 5) is 26.3. The van der Waals surface area contributed by atoms with E-state index in [-0.39, 0.29) is 5.63 Å². The molecule has 0 spiro atoms. The molecule has 0 radical (unpaired) electrons. The molecule has 1 saturated heterocycles. The van der Waals surface area contributed by atoms with E-state index in [0.29, 0.717) is 39.4 Å². The lowest BCUT2D eigenvalue weighted by Gasteiger charge is -2.39. The summed E-state index contributed by atoms with van der Waals surface area (Å²) in [5.74, 6) is 0.424. The quantitative estimate of drug-likeness (QED) is 0.490. The second-order valence-corrected chi connectivity index (χ2v) is 8.34. The Hall–Kier alpha value is -2.90. The normalized spacial score (nSPS) is 17.9. The van der Waals surface area contributed by atoms with E-state index in [1.54, 1.807) is 16.8 Å². The summed E-state index contributed by atoms with van der Waals surface area (Å²) in [6.07, 6.45) is 3.48. The predicted molar refractivity (Wildman–Crippen MR) is 119 cm³/mol. The van der Waals surface area contributed by atoms with Crippen LogP contribution in [0.2, 0.25) is 5.15 Å². The van der Waals surface area contributed by atoms with Crippen LogP contribution in [-0.2, 0) is 0 Å². The third kappa shape index (κ3) is 3.24. The number of aromatic nitrogens is 3. The van der Waals surface area contributed by atoms with Gasteiger partial charge in [0.25, 0.3) is 0 Å². The van der Waals surface area contributed by atoms with E-state index in [1.165, 1.54) is 0 Å². The van der Waals surface area contributed by atoms with Gasteiger partial charge in [0, 0.05) is 43.8 Å². The van der Waals surface area contributed by atoms with E-state index in [9.17, 15) is 4.79 Å². The molecule has 0 saturated carbocycles. The Morgan fingerprint density at radius 1 is 1.17 bits per heavy atom. The second-order valence-electron chi connectivity index (χ2n) is 7.95. The van der Waals surface area contributed by atoms with Crippen LogP contribution in [0.15, 0.2) is 45.9 Å². The van der Waals surface area contributed by atoms with Gasteiger partial charge in [-0.15, -0.1) is 0 Å². The van der Waals surface area contributed by atoms with Gasteiger partial charge in [0.1, 0.15) is 10.8 Å². The zero-order chi connectivity index (χ0) is 21.0. The number of piperazine rings is 1. The van der Waals surface area contributed by atoms with E-state index in [4.69, 9.17) is 16.0 Å². The molecule has 3 aromatic heterocycles. The zero-order valence-corrected chi connectivity index (χ0v) is 17.8. The van der Waals surface area contributed by atoms with Gasteiger partial charge in [0.2, 0.25) is 0 Å². The minimum atomic E-state index is -0.364. The molecule has 7 nitrogen and oxygen atoms in total. The van der Waals surface area contributed by atoms with Crippen molar-refractivity contribution in [2.24, 2.45) is 0 Å². The highest BCUT2D eigenvalue weighted by Crippen LogP contribution is 2.27. The molecule has 1 aliphatic rings. The average molecular weight is 424 g/mol. The van der Waals surface area contributed by atoms with Gasteiger partial charge in [-0.25, -0.2) is 14.8 Å². The fourth-order valence-electron chi connectivity index (χ4n) is 4.01. The number of anilines is 1. The van der Waals surface area contributed by atoms with Gasteiger partial charge in [0.15, 0.2) is 11.4 Å². The number of hydrogen-bond acceptors (Lipinski definition) is 6. The molecule has 30 heavy (non-hydrogen) atoms. The van der Waals surface area contributed by atoms with E-state index in [2.05, 4.69) is 39.8 Å². The standard InChI is InChI=1S/C22H22ClN5O2/c1-13-10-27(7-6-26(13)3)16-5-4-15-8-19(30-22(29)17(15)9-16)18-11-28-12-20(23)24-14(2)21(28)25-18/h4-5,8-9,11-13H,6-7,10H2,1-3H3/t13-/m1/s1. The van der Waals surface area contributed by atoms with Crippen LogP contribution in [0.5, 0.6) is 0 Å². The Morgan fingerprint density at radius 2 is 2.00 bits per heavy atom. The van der Waals surface area contributed by atoms with Crippen molar-refractivity contribution in [1.82, 2.24) is 19.3 Å². The maximum atomic E-state index is 12.8. The molecule has 0 N–H and O–H groups in total. The number of aryl methyl sites for hydroxylation is 1. The van der Waals surface area contributed by atoms with Gasteiger partial charge in [-0.05, 0) is 44.5 Å². The first kappa shape index (κ1) is 19.1. The molecule has 1 atom stereocenters. The number of imidazole rings is 1. The lowest BCUT2D eigenvalue weighted by molar-refractivity contribution is 0.234. The highest BCUT2D eigenvalue weighted by Gasteiger charge is 2.21. The predicted octanol–water partition coefficient (Wildman–Crippen LogP) is 3.60. The topological polar surface area (TPSA) is 66.9 Å². The maximum Gasteiger partial charge on any atom is 0.344 e. The number of nitrogens with zero attached hydrogens (tertiary/aromatic N) is 5. The Morgan fingerprint density at radius 3 is 2.80 bits per heavy atom. The highest BCUT2D eigenvalue weighted by atomic mass is 35.5. The molecular formula is C22H22ClN5O2.